The van der Waals surface area contributed by atoms with Gasteiger partial charge in [-0.25, -0.2) is 9.97 Å². The normalized spacial score (nSPS) is 10.4. The van der Waals surface area contributed by atoms with E-state index in [1.807, 2.05) is 54.6 Å². The number of hydrogen-bond acceptors (Lipinski definition) is 5. The fourth-order valence-corrected chi connectivity index (χ4v) is 2.68. The molecular formula is C22H17N3O2. The average molecular weight is 355 g/mol. The van der Waals surface area contributed by atoms with Crippen LogP contribution in [-0.2, 0) is 0 Å². The molecule has 5 nitrogen and oxygen atoms in total. The van der Waals surface area contributed by atoms with E-state index < -0.39 is 0 Å². The van der Waals surface area contributed by atoms with Crippen LogP contribution in [0.3, 0.4) is 0 Å². The molecule has 0 spiro atoms. The van der Waals surface area contributed by atoms with Crippen LogP contribution in [0.5, 0.6) is 17.2 Å². The van der Waals surface area contributed by atoms with E-state index in [1.165, 1.54) is 6.33 Å². The van der Waals surface area contributed by atoms with Crippen molar-refractivity contribution in [1.29, 1.82) is 0 Å². The second-order valence-electron chi connectivity index (χ2n) is 5.92. The Morgan fingerprint density at radius 3 is 2.15 bits per heavy atom. The quantitative estimate of drug-likeness (QED) is 0.503. The molecule has 0 saturated carbocycles. The Morgan fingerprint density at radius 2 is 1.41 bits per heavy atom. The lowest BCUT2D eigenvalue weighted by atomic mass is 10.1. The van der Waals surface area contributed by atoms with Crippen LogP contribution in [0, 0.1) is 0 Å². The molecule has 1 aromatic heterocycles. The van der Waals surface area contributed by atoms with Gasteiger partial charge in [0, 0.05) is 34.9 Å². The van der Waals surface area contributed by atoms with Gasteiger partial charge in [-0.15, -0.1) is 0 Å². The van der Waals surface area contributed by atoms with Crippen molar-refractivity contribution in [1.82, 2.24) is 9.97 Å². The maximum absolute atomic E-state index is 10.1. The summed E-state index contributed by atoms with van der Waals surface area (Å²) in [6.07, 6.45) is 4.75. The van der Waals surface area contributed by atoms with Crippen molar-refractivity contribution in [3.63, 3.8) is 0 Å². The van der Waals surface area contributed by atoms with Crippen molar-refractivity contribution in [3.8, 4) is 28.4 Å². The number of phenols is 1. The Kier molecular flexibility index (Phi) is 4.66. The van der Waals surface area contributed by atoms with Gasteiger partial charge in [0.05, 0.1) is 0 Å². The lowest BCUT2D eigenvalue weighted by molar-refractivity contribution is 0.466. The number of para-hydroxylation sites is 1. The molecule has 5 heteroatoms. The molecule has 0 bridgehead atoms. The predicted octanol–water partition coefficient (Wildman–Crippen LogP) is 5.39. The first-order valence-electron chi connectivity index (χ1n) is 8.46. The van der Waals surface area contributed by atoms with Gasteiger partial charge in [0.2, 0.25) is 0 Å². The second kappa shape index (κ2) is 7.58. The summed E-state index contributed by atoms with van der Waals surface area (Å²) in [5.74, 6) is 1.48. The fourth-order valence-electron chi connectivity index (χ4n) is 2.68. The third kappa shape index (κ3) is 4.04. The molecule has 0 amide bonds. The summed E-state index contributed by atoms with van der Waals surface area (Å²) >= 11 is 0. The minimum absolute atomic E-state index is 0.152. The standard InChI is InChI=1S/C22H17N3O2/c26-22-11-10-20(12-21(22)16-13-23-15-24-14-16)27-19-8-6-18(7-9-19)25-17-4-2-1-3-5-17/h1-15,25-26H. The molecule has 3 aromatic carbocycles. The summed E-state index contributed by atoms with van der Waals surface area (Å²) in [5, 5.41) is 13.4. The summed E-state index contributed by atoms with van der Waals surface area (Å²) in [6, 6.07) is 22.8. The predicted molar refractivity (Wildman–Crippen MR) is 105 cm³/mol. The molecule has 0 aliphatic carbocycles. The van der Waals surface area contributed by atoms with Crippen LogP contribution in [0.15, 0.2) is 91.5 Å². The number of nitrogens with zero attached hydrogens (tertiary/aromatic N) is 2. The Morgan fingerprint density at radius 1 is 0.741 bits per heavy atom. The van der Waals surface area contributed by atoms with E-state index in [9.17, 15) is 5.11 Å². The smallest absolute Gasteiger partial charge is 0.128 e. The van der Waals surface area contributed by atoms with E-state index in [0.717, 1.165) is 16.9 Å². The van der Waals surface area contributed by atoms with Gasteiger partial charge in [0.1, 0.15) is 23.6 Å². The second-order valence-corrected chi connectivity index (χ2v) is 5.92. The van der Waals surface area contributed by atoms with Crippen LogP contribution in [-0.4, -0.2) is 15.1 Å². The third-order valence-corrected chi connectivity index (χ3v) is 3.99. The number of phenolic OH excluding ortho intramolecular Hbond substituents is 1. The van der Waals surface area contributed by atoms with Crippen molar-refractivity contribution < 1.29 is 9.84 Å². The highest BCUT2D eigenvalue weighted by Crippen LogP contribution is 2.34. The highest BCUT2D eigenvalue weighted by molar-refractivity contribution is 5.70. The van der Waals surface area contributed by atoms with E-state index in [2.05, 4.69) is 15.3 Å². The van der Waals surface area contributed by atoms with Gasteiger partial charge in [-0.1, -0.05) is 18.2 Å². The molecule has 0 aliphatic rings. The first kappa shape index (κ1) is 16.6. The molecule has 4 aromatic rings. The molecule has 0 atom stereocenters. The first-order valence-corrected chi connectivity index (χ1v) is 8.46. The van der Waals surface area contributed by atoms with Gasteiger partial charge in [0.15, 0.2) is 0 Å². The number of benzene rings is 3. The van der Waals surface area contributed by atoms with Crippen molar-refractivity contribution in [2.24, 2.45) is 0 Å². The number of aromatic nitrogens is 2. The zero-order valence-corrected chi connectivity index (χ0v) is 14.4. The highest BCUT2D eigenvalue weighted by Gasteiger charge is 2.08. The highest BCUT2D eigenvalue weighted by atomic mass is 16.5. The van der Waals surface area contributed by atoms with Gasteiger partial charge in [0.25, 0.3) is 0 Å². The third-order valence-electron chi connectivity index (χ3n) is 3.99. The van der Waals surface area contributed by atoms with E-state index in [4.69, 9.17) is 4.74 Å². The van der Waals surface area contributed by atoms with Crippen LogP contribution >= 0.6 is 0 Å². The topological polar surface area (TPSA) is 67.3 Å². The largest absolute Gasteiger partial charge is 0.507 e. The van der Waals surface area contributed by atoms with Crippen LogP contribution in [0.1, 0.15) is 0 Å². The zero-order chi connectivity index (χ0) is 18.5. The van der Waals surface area contributed by atoms with Crippen LogP contribution in [0.25, 0.3) is 11.1 Å². The summed E-state index contributed by atoms with van der Waals surface area (Å²) < 4.78 is 5.92. The Balaban J connectivity index is 1.51. The van der Waals surface area contributed by atoms with Gasteiger partial charge in [-0.2, -0.15) is 0 Å². The molecule has 0 unspecified atom stereocenters. The molecule has 2 N–H and O–H groups in total. The molecule has 0 radical (unpaired) electrons. The van der Waals surface area contributed by atoms with Crippen LogP contribution in [0.2, 0.25) is 0 Å². The van der Waals surface area contributed by atoms with E-state index >= 15 is 0 Å². The zero-order valence-electron chi connectivity index (χ0n) is 14.4. The number of rotatable bonds is 5. The molecule has 0 aliphatic heterocycles. The van der Waals surface area contributed by atoms with Gasteiger partial charge in [-0.3, -0.25) is 0 Å². The van der Waals surface area contributed by atoms with Gasteiger partial charge in [-0.05, 0) is 54.6 Å². The minimum Gasteiger partial charge on any atom is -0.507 e. The van der Waals surface area contributed by atoms with Crippen molar-refractivity contribution >= 4 is 11.4 Å². The molecule has 4 rings (SSSR count). The van der Waals surface area contributed by atoms with Crippen molar-refractivity contribution in [3.05, 3.63) is 91.5 Å². The number of aromatic hydroxyl groups is 1. The molecule has 132 valence electrons. The lowest BCUT2D eigenvalue weighted by Crippen LogP contribution is -1.90. The molecule has 27 heavy (non-hydrogen) atoms. The van der Waals surface area contributed by atoms with Crippen LogP contribution in [0.4, 0.5) is 11.4 Å². The van der Waals surface area contributed by atoms with Crippen LogP contribution < -0.4 is 10.1 Å². The number of hydrogen-bond donors (Lipinski definition) is 2. The summed E-state index contributed by atoms with van der Waals surface area (Å²) in [5.41, 5.74) is 3.35. The summed E-state index contributed by atoms with van der Waals surface area (Å²) in [4.78, 5) is 7.98. The van der Waals surface area contributed by atoms with Gasteiger partial charge >= 0.3 is 0 Å². The Labute approximate surface area is 156 Å². The maximum Gasteiger partial charge on any atom is 0.128 e. The van der Waals surface area contributed by atoms with E-state index in [-0.39, 0.29) is 5.75 Å². The number of ether oxygens (including phenoxy) is 1. The maximum atomic E-state index is 10.1. The number of anilines is 2. The van der Waals surface area contributed by atoms with Crippen molar-refractivity contribution in [2.75, 3.05) is 5.32 Å². The van der Waals surface area contributed by atoms with Crippen molar-refractivity contribution in [2.45, 2.75) is 0 Å². The minimum atomic E-state index is 0.152. The fraction of sp³-hybridized carbons (Fsp3) is 0. The monoisotopic (exact) mass is 355 g/mol. The Bertz CT molecular complexity index is 1020. The van der Waals surface area contributed by atoms with Gasteiger partial charge < -0.3 is 15.2 Å². The molecule has 1 heterocycles. The number of nitrogens with one attached hydrogen (secondary N) is 1. The summed E-state index contributed by atoms with van der Waals surface area (Å²) in [7, 11) is 0. The molecule has 0 saturated heterocycles. The Hall–Kier alpha value is -3.86. The van der Waals surface area contributed by atoms with E-state index in [1.54, 1.807) is 30.6 Å². The van der Waals surface area contributed by atoms with E-state index in [0.29, 0.717) is 17.1 Å². The molecule has 0 fully saturated rings. The first-order chi connectivity index (χ1) is 13.3. The molecular weight excluding hydrogens is 338 g/mol. The lowest BCUT2D eigenvalue weighted by Gasteiger charge is -2.11. The SMILES string of the molecule is Oc1ccc(Oc2ccc(Nc3ccccc3)cc2)cc1-c1cncnc1. The average Bonchev–Trinajstić information content (AvgIpc) is 2.72. The summed E-state index contributed by atoms with van der Waals surface area (Å²) in [6.45, 7) is 0.